The van der Waals surface area contributed by atoms with Gasteiger partial charge in [0.1, 0.15) is 11.1 Å². The molecule has 1 saturated heterocycles. The fourth-order valence-corrected chi connectivity index (χ4v) is 3.83. The topological polar surface area (TPSA) is 68.2 Å². The van der Waals surface area contributed by atoms with Gasteiger partial charge in [0.15, 0.2) is 5.96 Å². The molecule has 0 amide bonds. The molecule has 2 rings (SSSR count). The summed E-state index contributed by atoms with van der Waals surface area (Å²) in [7, 11) is 3.75. The summed E-state index contributed by atoms with van der Waals surface area (Å²) in [6.45, 7) is 9.77. The van der Waals surface area contributed by atoms with E-state index in [0.29, 0.717) is 5.92 Å². The van der Waals surface area contributed by atoms with Gasteiger partial charge in [0, 0.05) is 59.1 Å². The molecule has 1 aliphatic heterocycles. The summed E-state index contributed by atoms with van der Waals surface area (Å²) in [4.78, 5) is 11.5. The molecule has 7 nitrogen and oxygen atoms in total. The number of aliphatic imine (C=N–C) groups is 1. The van der Waals surface area contributed by atoms with Gasteiger partial charge in [-0.3, -0.25) is 4.99 Å². The Kier molecular flexibility index (Phi) is 10.8. The minimum Gasteiger partial charge on any atom is -0.381 e. The zero-order chi connectivity index (χ0) is 20.2. The number of guanidine groups is 1. The van der Waals surface area contributed by atoms with E-state index in [2.05, 4.69) is 27.5 Å². The molecular formula is C20H36N4O3S. The van der Waals surface area contributed by atoms with Gasteiger partial charge in [-0.05, 0) is 39.0 Å². The number of methoxy groups -OCH3 is 1. The number of rotatable bonds is 11. The first kappa shape index (κ1) is 23.1. The number of nitrogens with one attached hydrogen (secondary N) is 1. The molecule has 1 aromatic rings. The smallest absolute Gasteiger partial charge is 0.194 e. The van der Waals surface area contributed by atoms with Crippen molar-refractivity contribution in [1.82, 2.24) is 15.2 Å². The summed E-state index contributed by atoms with van der Waals surface area (Å²) in [6, 6.07) is 0. The second-order valence-electron chi connectivity index (χ2n) is 7.13. The molecule has 8 heteroatoms. The molecule has 0 aliphatic carbocycles. The van der Waals surface area contributed by atoms with Crippen LogP contribution >= 0.6 is 11.3 Å². The van der Waals surface area contributed by atoms with E-state index in [1.54, 1.807) is 18.4 Å². The van der Waals surface area contributed by atoms with Gasteiger partial charge in [0.05, 0.1) is 12.2 Å². The van der Waals surface area contributed by atoms with Crippen molar-refractivity contribution < 1.29 is 14.2 Å². The van der Waals surface area contributed by atoms with Crippen molar-refractivity contribution in [2.45, 2.75) is 45.8 Å². The Morgan fingerprint density at radius 3 is 2.96 bits per heavy atom. The average Bonchev–Trinajstić information content (AvgIpc) is 3.18. The second kappa shape index (κ2) is 13.1. The highest BCUT2D eigenvalue weighted by atomic mass is 32.1. The van der Waals surface area contributed by atoms with Gasteiger partial charge in [-0.2, -0.15) is 0 Å². The molecule has 0 saturated carbocycles. The molecule has 1 aliphatic rings. The van der Waals surface area contributed by atoms with Gasteiger partial charge in [-0.1, -0.05) is 0 Å². The predicted molar refractivity (Wildman–Crippen MR) is 114 cm³/mol. The van der Waals surface area contributed by atoms with E-state index in [-0.39, 0.29) is 6.10 Å². The third-order valence-electron chi connectivity index (χ3n) is 4.77. The number of thiazole rings is 1. The van der Waals surface area contributed by atoms with Crippen LogP contribution in [-0.4, -0.2) is 69.5 Å². The van der Waals surface area contributed by atoms with Crippen LogP contribution in [0, 0.1) is 5.92 Å². The predicted octanol–water partition coefficient (Wildman–Crippen LogP) is 3.08. The highest BCUT2D eigenvalue weighted by Crippen LogP contribution is 2.21. The van der Waals surface area contributed by atoms with E-state index in [4.69, 9.17) is 19.2 Å². The first-order valence-electron chi connectivity index (χ1n) is 10.3. The molecule has 1 N–H and O–H groups in total. The molecule has 0 aromatic carbocycles. The maximum absolute atomic E-state index is 5.83. The van der Waals surface area contributed by atoms with Crippen molar-refractivity contribution in [2.75, 3.05) is 53.7 Å². The number of hydrogen-bond donors (Lipinski definition) is 1. The van der Waals surface area contributed by atoms with Crippen LogP contribution in [0.3, 0.4) is 0 Å². The van der Waals surface area contributed by atoms with Gasteiger partial charge in [-0.25, -0.2) is 4.98 Å². The second-order valence-corrected chi connectivity index (χ2v) is 8.02. The Balaban J connectivity index is 1.72. The fourth-order valence-electron chi connectivity index (χ4n) is 2.98. The fraction of sp³-hybridized carbons (Fsp3) is 0.800. The molecule has 0 spiro atoms. The quantitative estimate of drug-likeness (QED) is 0.342. The molecule has 28 heavy (non-hydrogen) atoms. The Labute approximate surface area is 173 Å². The minimum absolute atomic E-state index is 0.0343. The van der Waals surface area contributed by atoms with Crippen molar-refractivity contribution in [2.24, 2.45) is 10.9 Å². The van der Waals surface area contributed by atoms with Gasteiger partial charge in [0.2, 0.25) is 0 Å². The van der Waals surface area contributed by atoms with Crippen LogP contribution in [0.4, 0.5) is 0 Å². The summed E-state index contributed by atoms with van der Waals surface area (Å²) in [5.74, 6) is 1.56. The summed E-state index contributed by atoms with van der Waals surface area (Å²) in [5, 5.41) is 6.46. The molecule has 1 unspecified atom stereocenters. The number of aromatic nitrogens is 1. The molecular weight excluding hydrogens is 376 g/mol. The minimum atomic E-state index is 0.0343. The molecule has 2 heterocycles. The lowest BCUT2D eigenvalue weighted by atomic mass is 10.0. The van der Waals surface area contributed by atoms with Crippen LogP contribution in [0.2, 0.25) is 0 Å². The monoisotopic (exact) mass is 412 g/mol. The van der Waals surface area contributed by atoms with Crippen molar-refractivity contribution in [3.63, 3.8) is 0 Å². The average molecular weight is 413 g/mol. The van der Waals surface area contributed by atoms with Gasteiger partial charge in [0.25, 0.3) is 0 Å². The molecule has 1 aromatic heterocycles. The SMILES string of the molecule is CCNC(=NCCCOCC1CCOCC1)N(C)Cc1csc(C(C)OC)n1. The number of hydrogen-bond acceptors (Lipinski definition) is 6. The molecule has 160 valence electrons. The lowest BCUT2D eigenvalue weighted by Crippen LogP contribution is -2.38. The largest absolute Gasteiger partial charge is 0.381 e. The normalized spacial score (nSPS) is 16.9. The Morgan fingerprint density at radius 2 is 2.25 bits per heavy atom. The van der Waals surface area contributed by atoms with Crippen LogP contribution in [0.25, 0.3) is 0 Å². The number of nitrogens with zero attached hydrogens (tertiary/aromatic N) is 3. The number of ether oxygens (including phenoxy) is 3. The van der Waals surface area contributed by atoms with E-state index in [1.807, 2.05) is 14.0 Å². The van der Waals surface area contributed by atoms with E-state index in [9.17, 15) is 0 Å². The summed E-state index contributed by atoms with van der Waals surface area (Å²) in [6.07, 6.45) is 3.20. The zero-order valence-electron chi connectivity index (χ0n) is 17.8. The summed E-state index contributed by atoms with van der Waals surface area (Å²) >= 11 is 1.64. The third kappa shape index (κ3) is 8.03. The van der Waals surface area contributed by atoms with E-state index >= 15 is 0 Å². The zero-order valence-corrected chi connectivity index (χ0v) is 18.6. The lowest BCUT2D eigenvalue weighted by Gasteiger charge is -2.22. The van der Waals surface area contributed by atoms with E-state index < -0.39 is 0 Å². The highest BCUT2D eigenvalue weighted by Gasteiger charge is 2.14. The van der Waals surface area contributed by atoms with Gasteiger partial charge < -0.3 is 24.4 Å². The summed E-state index contributed by atoms with van der Waals surface area (Å²) in [5.41, 5.74) is 1.04. The van der Waals surface area contributed by atoms with Crippen molar-refractivity contribution in [3.8, 4) is 0 Å². The highest BCUT2D eigenvalue weighted by molar-refractivity contribution is 7.09. The van der Waals surface area contributed by atoms with Crippen molar-refractivity contribution in [1.29, 1.82) is 0 Å². The maximum Gasteiger partial charge on any atom is 0.194 e. The summed E-state index contributed by atoms with van der Waals surface area (Å²) < 4.78 is 16.6. The van der Waals surface area contributed by atoms with Crippen LogP contribution < -0.4 is 5.32 Å². The van der Waals surface area contributed by atoms with Crippen molar-refractivity contribution in [3.05, 3.63) is 16.1 Å². The first-order valence-corrected chi connectivity index (χ1v) is 11.1. The Hall–Kier alpha value is -1.22. The molecule has 1 fully saturated rings. The Morgan fingerprint density at radius 1 is 1.46 bits per heavy atom. The van der Waals surface area contributed by atoms with Crippen LogP contribution in [0.5, 0.6) is 0 Å². The van der Waals surface area contributed by atoms with E-state index in [1.165, 1.54) is 0 Å². The molecule has 0 radical (unpaired) electrons. The van der Waals surface area contributed by atoms with E-state index in [0.717, 1.165) is 82.0 Å². The van der Waals surface area contributed by atoms with Crippen LogP contribution in [0.15, 0.2) is 10.4 Å². The molecule has 1 atom stereocenters. The molecule has 0 bridgehead atoms. The lowest BCUT2D eigenvalue weighted by molar-refractivity contribution is 0.0205. The standard InChI is InChI=1S/C20H36N4O3S/c1-5-21-20(22-9-6-10-27-14-17-7-11-26-12-8-17)24(3)13-18-15-28-19(23-18)16(2)25-4/h15-17H,5-14H2,1-4H3,(H,21,22). The van der Waals surface area contributed by atoms with Crippen LogP contribution in [0.1, 0.15) is 49.9 Å². The van der Waals surface area contributed by atoms with Gasteiger partial charge in [-0.15, -0.1) is 11.3 Å². The van der Waals surface area contributed by atoms with Gasteiger partial charge >= 0.3 is 0 Å². The van der Waals surface area contributed by atoms with Crippen molar-refractivity contribution >= 4 is 17.3 Å². The van der Waals surface area contributed by atoms with Crippen LogP contribution in [-0.2, 0) is 20.8 Å². The third-order valence-corrected chi connectivity index (χ3v) is 5.82. The Bertz CT molecular complexity index is 576. The maximum atomic E-state index is 5.83. The first-order chi connectivity index (χ1) is 13.6.